The fraction of sp³-hybridized carbons (Fsp3) is 0.167. The van der Waals surface area contributed by atoms with Gasteiger partial charge in [0.05, 0.1) is 16.7 Å². The average molecular weight is 397 g/mol. The zero-order chi connectivity index (χ0) is 20.9. The number of hydrogen-bond donors (Lipinski definition) is 1. The molecule has 0 unspecified atom stereocenters. The highest BCUT2D eigenvalue weighted by Crippen LogP contribution is 2.28. The molecule has 0 saturated heterocycles. The van der Waals surface area contributed by atoms with Crippen LogP contribution in [0.25, 0.3) is 33.4 Å². The molecule has 0 spiro atoms. The number of carbonyl (C=O) groups excluding carboxylic acids is 1. The van der Waals surface area contributed by atoms with Gasteiger partial charge in [0.25, 0.3) is 5.91 Å². The summed E-state index contributed by atoms with van der Waals surface area (Å²) in [6, 6.07) is 17.3. The van der Waals surface area contributed by atoms with Crippen LogP contribution in [-0.4, -0.2) is 52.9 Å². The third-order valence-corrected chi connectivity index (χ3v) is 4.84. The lowest BCUT2D eigenvalue weighted by atomic mass is 10.0. The van der Waals surface area contributed by atoms with Crippen LogP contribution < -0.4 is 5.32 Å². The van der Waals surface area contributed by atoms with Crippen molar-refractivity contribution in [2.45, 2.75) is 0 Å². The molecule has 0 aliphatic heterocycles. The van der Waals surface area contributed by atoms with E-state index < -0.39 is 0 Å². The largest absolute Gasteiger partial charge is 0.351 e. The molecule has 4 rings (SSSR count). The van der Waals surface area contributed by atoms with E-state index in [0.29, 0.717) is 12.1 Å². The number of aromatic nitrogens is 3. The van der Waals surface area contributed by atoms with Crippen molar-refractivity contribution in [2.24, 2.45) is 0 Å². The first-order valence-electron chi connectivity index (χ1n) is 9.81. The molecule has 30 heavy (non-hydrogen) atoms. The second-order valence-electron chi connectivity index (χ2n) is 7.30. The molecule has 0 atom stereocenters. The summed E-state index contributed by atoms with van der Waals surface area (Å²) in [5.74, 6) is -0.0846. The molecule has 6 heteroatoms. The molecule has 1 aromatic carbocycles. The van der Waals surface area contributed by atoms with Crippen LogP contribution in [-0.2, 0) is 0 Å². The van der Waals surface area contributed by atoms with E-state index in [4.69, 9.17) is 4.98 Å². The summed E-state index contributed by atoms with van der Waals surface area (Å²) in [4.78, 5) is 28.0. The molecule has 150 valence electrons. The molecule has 1 amide bonds. The van der Waals surface area contributed by atoms with Crippen LogP contribution in [0.2, 0.25) is 0 Å². The molecule has 1 N–H and O–H groups in total. The van der Waals surface area contributed by atoms with Crippen LogP contribution in [0, 0.1) is 0 Å². The fourth-order valence-corrected chi connectivity index (χ4v) is 3.27. The number of carbonyl (C=O) groups is 1. The van der Waals surface area contributed by atoms with Crippen LogP contribution in [0.1, 0.15) is 10.4 Å². The molecule has 0 radical (unpaired) electrons. The van der Waals surface area contributed by atoms with Crippen LogP contribution in [0.5, 0.6) is 0 Å². The van der Waals surface area contributed by atoms with E-state index in [1.54, 1.807) is 18.6 Å². The molecule has 0 bridgehead atoms. The molecule has 0 aliphatic carbocycles. The van der Waals surface area contributed by atoms with E-state index in [1.807, 2.05) is 73.6 Å². The van der Waals surface area contributed by atoms with Crippen molar-refractivity contribution >= 4 is 16.9 Å². The van der Waals surface area contributed by atoms with Gasteiger partial charge >= 0.3 is 0 Å². The number of nitrogens with one attached hydrogen (secondary N) is 1. The Hall–Kier alpha value is -3.64. The molecule has 4 aromatic rings. The van der Waals surface area contributed by atoms with Crippen molar-refractivity contribution in [3.63, 3.8) is 0 Å². The van der Waals surface area contributed by atoms with Crippen molar-refractivity contribution in [2.75, 3.05) is 27.2 Å². The predicted molar refractivity (Wildman–Crippen MR) is 119 cm³/mol. The maximum Gasteiger partial charge on any atom is 0.251 e. The Bertz CT molecular complexity index is 1170. The van der Waals surface area contributed by atoms with Crippen LogP contribution in [0.4, 0.5) is 0 Å². The smallest absolute Gasteiger partial charge is 0.251 e. The normalized spacial score (nSPS) is 11.0. The van der Waals surface area contributed by atoms with E-state index in [9.17, 15) is 4.79 Å². The first-order chi connectivity index (χ1) is 14.6. The third kappa shape index (κ3) is 4.34. The molecule has 0 saturated carbocycles. The molecule has 0 fully saturated rings. The molecular formula is C24H23N5O. The van der Waals surface area contributed by atoms with Crippen molar-refractivity contribution in [3.05, 3.63) is 78.8 Å². The van der Waals surface area contributed by atoms with Gasteiger partial charge in [-0.2, -0.15) is 0 Å². The monoisotopic (exact) mass is 397 g/mol. The molecule has 3 heterocycles. The summed E-state index contributed by atoms with van der Waals surface area (Å²) < 4.78 is 0. The van der Waals surface area contributed by atoms with E-state index >= 15 is 0 Å². The van der Waals surface area contributed by atoms with Gasteiger partial charge in [-0.15, -0.1) is 0 Å². The van der Waals surface area contributed by atoms with Gasteiger partial charge in [-0.3, -0.25) is 14.8 Å². The highest BCUT2D eigenvalue weighted by molar-refractivity contribution is 5.96. The summed E-state index contributed by atoms with van der Waals surface area (Å²) in [5, 5.41) is 2.95. The number of nitrogens with zero attached hydrogens (tertiary/aromatic N) is 4. The van der Waals surface area contributed by atoms with Gasteiger partial charge in [0.15, 0.2) is 0 Å². The number of pyridine rings is 3. The van der Waals surface area contributed by atoms with E-state index in [0.717, 1.165) is 40.0 Å². The number of amides is 1. The Morgan fingerprint density at radius 1 is 0.967 bits per heavy atom. The predicted octanol–water partition coefficient (Wildman–Crippen LogP) is 3.65. The maximum atomic E-state index is 12.5. The minimum Gasteiger partial charge on any atom is -0.351 e. The average Bonchev–Trinajstić information content (AvgIpc) is 2.78. The second kappa shape index (κ2) is 8.80. The number of rotatable bonds is 6. The van der Waals surface area contributed by atoms with Gasteiger partial charge in [-0.1, -0.05) is 12.1 Å². The van der Waals surface area contributed by atoms with Gasteiger partial charge < -0.3 is 10.2 Å². The van der Waals surface area contributed by atoms with Crippen molar-refractivity contribution in [1.29, 1.82) is 0 Å². The minimum atomic E-state index is -0.0846. The quantitative estimate of drug-likeness (QED) is 0.538. The highest BCUT2D eigenvalue weighted by atomic mass is 16.1. The standard InChI is InChI=1S/C24H23N5O/c1-29(2)15-14-27-24(30)19-5-3-4-18(16-19)21-6-7-22-23(28-21)20(10-13-26-22)17-8-11-25-12-9-17/h3-13,16H,14-15H2,1-2H3,(H,27,30). The first kappa shape index (κ1) is 19.7. The van der Waals surface area contributed by atoms with E-state index in [1.165, 1.54) is 0 Å². The van der Waals surface area contributed by atoms with Gasteiger partial charge in [-0.25, -0.2) is 4.98 Å². The Morgan fingerprint density at radius 3 is 2.60 bits per heavy atom. The van der Waals surface area contributed by atoms with E-state index in [2.05, 4.69) is 15.3 Å². The summed E-state index contributed by atoms with van der Waals surface area (Å²) in [7, 11) is 3.96. The van der Waals surface area contributed by atoms with Gasteiger partial charge in [0, 0.05) is 48.4 Å². The Labute approximate surface area is 175 Å². The van der Waals surface area contributed by atoms with Gasteiger partial charge in [0.2, 0.25) is 0 Å². The van der Waals surface area contributed by atoms with Crippen LogP contribution >= 0.6 is 0 Å². The number of hydrogen-bond acceptors (Lipinski definition) is 5. The van der Waals surface area contributed by atoms with Gasteiger partial charge in [-0.05, 0) is 62.1 Å². The topological polar surface area (TPSA) is 71.0 Å². The minimum absolute atomic E-state index is 0.0846. The second-order valence-corrected chi connectivity index (χ2v) is 7.30. The number of benzene rings is 1. The molecular weight excluding hydrogens is 374 g/mol. The first-order valence-corrected chi connectivity index (χ1v) is 9.81. The van der Waals surface area contributed by atoms with Crippen molar-refractivity contribution in [3.8, 4) is 22.4 Å². The third-order valence-electron chi connectivity index (χ3n) is 4.84. The molecule has 3 aromatic heterocycles. The SMILES string of the molecule is CN(C)CCNC(=O)c1cccc(-c2ccc3nccc(-c4ccncc4)c3n2)c1. The van der Waals surface area contributed by atoms with Crippen molar-refractivity contribution < 1.29 is 4.79 Å². The maximum absolute atomic E-state index is 12.5. The molecule has 6 nitrogen and oxygen atoms in total. The summed E-state index contributed by atoms with van der Waals surface area (Å²) in [5.41, 5.74) is 6.00. The lowest BCUT2D eigenvalue weighted by Gasteiger charge is -2.11. The van der Waals surface area contributed by atoms with E-state index in [-0.39, 0.29) is 5.91 Å². The zero-order valence-corrected chi connectivity index (χ0v) is 17.0. The Kier molecular flexibility index (Phi) is 5.77. The molecule has 0 aliphatic rings. The Morgan fingerprint density at radius 2 is 1.80 bits per heavy atom. The Balaban J connectivity index is 1.68. The summed E-state index contributed by atoms with van der Waals surface area (Å²) in [6.07, 6.45) is 5.33. The van der Waals surface area contributed by atoms with Gasteiger partial charge in [0.1, 0.15) is 0 Å². The zero-order valence-electron chi connectivity index (χ0n) is 17.0. The summed E-state index contributed by atoms with van der Waals surface area (Å²) in [6.45, 7) is 1.40. The van der Waals surface area contributed by atoms with Crippen molar-refractivity contribution in [1.82, 2.24) is 25.2 Å². The van der Waals surface area contributed by atoms with Crippen LogP contribution in [0.15, 0.2) is 73.2 Å². The fourth-order valence-electron chi connectivity index (χ4n) is 3.27. The lowest BCUT2D eigenvalue weighted by Crippen LogP contribution is -2.31. The lowest BCUT2D eigenvalue weighted by molar-refractivity contribution is 0.0951. The number of fused-ring (bicyclic) bond motifs is 1. The summed E-state index contributed by atoms with van der Waals surface area (Å²) >= 11 is 0. The highest BCUT2D eigenvalue weighted by Gasteiger charge is 2.11. The van der Waals surface area contributed by atoms with Crippen LogP contribution in [0.3, 0.4) is 0 Å². The number of likely N-dealkylation sites (N-methyl/N-ethyl adjacent to an activating group) is 1.